The highest BCUT2D eigenvalue weighted by molar-refractivity contribution is 5.80. The van der Waals surface area contributed by atoms with Crippen LogP contribution in [0.3, 0.4) is 0 Å². The summed E-state index contributed by atoms with van der Waals surface area (Å²) in [5, 5.41) is 6.54. The Hall–Kier alpha value is -1.06. The first-order valence-corrected chi connectivity index (χ1v) is 9.23. The lowest BCUT2D eigenvalue weighted by atomic mass is 10.1. The molecule has 6 nitrogen and oxygen atoms in total. The number of fused-ring (bicyclic) bond motifs is 3. The number of likely N-dealkylation sites (tertiary alicyclic amines) is 1. The summed E-state index contributed by atoms with van der Waals surface area (Å²) in [6.07, 6.45) is -3.42. The van der Waals surface area contributed by atoms with Crippen molar-refractivity contribution in [3.8, 4) is 0 Å². The van der Waals surface area contributed by atoms with Crippen LogP contribution in [0.1, 0.15) is 13.3 Å². The molecular weight excluding hydrogens is 333 g/mol. The molecule has 4 aliphatic rings. The summed E-state index contributed by atoms with van der Waals surface area (Å²) in [7, 11) is 0. The van der Waals surface area contributed by atoms with E-state index in [2.05, 4.69) is 20.4 Å². The Bertz CT molecular complexity index is 461. The van der Waals surface area contributed by atoms with Crippen LogP contribution in [-0.4, -0.2) is 104 Å². The van der Waals surface area contributed by atoms with Crippen molar-refractivity contribution >= 4 is 5.96 Å². The fraction of sp³-hybridized carbons (Fsp3) is 0.938. The van der Waals surface area contributed by atoms with E-state index in [1.807, 2.05) is 6.92 Å². The van der Waals surface area contributed by atoms with Crippen molar-refractivity contribution in [1.82, 2.24) is 25.3 Å². The van der Waals surface area contributed by atoms with Crippen molar-refractivity contribution in [2.45, 2.75) is 31.6 Å². The highest BCUT2D eigenvalue weighted by atomic mass is 19.4. The zero-order valence-corrected chi connectivity index (χ0v) is 14.9. The summed E-state index contributed by atoms with van der Waals surface area (Å²) < 4.78 is 37.5. The molecule has 0 aromatic rings. The summed E-state index contributed by atoms with van der Waals surface area (Å²) in [6.45, 7) is 9.10. The van der Waals surface area contributed by atoms with Crippen molar-refractivity contribution in [3.05, 3.63) is 0 Å². The lowest BCUT2D eigenvalue weighted by Gasteiger charge is -2.47. The van der Waals surface area contributed by atoms with Crippen LogP contribution in [0.15, 0.2) is 4.99 Å². The summed E-state index contributed by atoms with van der Waals surface area (Å²) in [5.41, 5.74) is 0. The van der Waals surface area contributed by atoms with Crippen molar-refractivity contribution in [3.63, 3.8) is 0 Å². The lowest BCUT2D eigenvalue weighted by molar-refractivity contribution is -0.143. The number of rotatable bonds is 5. The minimum Gasteiger partial charge on any atom is -0.357 e. The van der Waals surface area contributed by atoms with Crippen molar-refractivity contribution in [2.24, 2.45) is 4.99 Å². The number of nitrogens with zero attached hydrogens (tertiary/aromatic N) is 4. The molecular formula is C16H29F3N6. The maximum Gasteiger partial charge on any atom is 0.401 e. The van der Waals surface area contributed by atoms with E-state index in [4.69, 9.17) is 4.99 Å². The average molecular weight is 362 g/mol. The first kappa shape index (κ1) is 18.7. The first-order valence-electron chi connectivity index (χ1n) is 9.23. The minimum atomic E-state index is -4.13. The van der Waals surface area contributed by atoms with Gasteiger partial charge in [-0.2, -0.15) is 13.2 Å². The molecule has 0 aromatic carbocycles. The van der Waals surface area contributed by atoms with Gasteiger partial charge in [-0.1, -0.05) is 0 Å². The van der Waals surface area contributed by atoms with E-state index in [1.165, 1.54) is 4.90 Å². The highest BCUT2D eigenvalue weighted by Gasteiger charge is 2.35. The molecule has 9 heteroatoms. The molecule has 0 radical (unpaired) electrons. The normalized spacial score (nSPS) is 33.7. The zero-order valence-electron chi connectivity index (χ0n) is 14.9. The maximum atomic E-state index is 12.5. The van der Waals surface area contributed by atoms with E-state index in [0.717, 1.165) is 51.8 Å². The summed E-state index contributed by atoms with van der Waals surface area (Å²) in [4.78, 5) is 11.1. The Morgan fingerprint density at radius 3 is 2.48 bits per heavy atom. The lowest BCUT2D eigenvalue weighted by Crippen LogP contribution is -2.62. The Kier molecular flexibility index (Phi) is 6.06. The van der Waals surface area contributed by atoms with Gasteiger partial charge in [-0.05, 0) is 13.3 Å². The van der Waals surface area contributed by atoms with Crippen LogP contribution in [0.5, 0.6) is 0 Å². The number of guanidine groups is 1. The number of halogens is 3. The van der Waals surface area contributed by atoms with Crippen molar-refractivity contribution in [1.29, 1.82) is 0 Å². The SMILES string of the molecule is CCNC(=NCC1CN2CCN1CC2)NC1CCN(CC(F)(F)F)C1. The molecule has 4 saturated heterocycles. The predicted molar refractivity (Wildman–Crippen MR) is 91.8 cm³/mol. The van der Waals surface area contributed by atoms with E-state index in [9.17, 15) is 13.2 Å². The molecule has 0 spiro atoms. The molecule has 4 aliphatic heterocycles. The Morgan fingerprint density at radius 2 is 1.88 bits per heavy atom. The Morgan fingerprint density at radius 1 is 1.12 bits per heavy atom. The molecule has 2 unspecified atom stereocenters. The molecule has 2 N–H and O–H groups in total. The van der Waals surface area contributed by atoms with E-state index in [0.29, 0.717) is 25.6 Å². The smallest absolute Gasteiger partial charge is 0.357 e. The summed E-state index contributed by atoms with van der Waals surface area (Å²) in [6, 6.07) is 0.468. The van der Waals surface area contributed by atoms with Crippen LogP contribution < -0.4 is 10.6 Å². The summed E-state index contributed by atoms with van der Waals surface area (Å²) in [5.74, 6) is 0.721. The zero-order chi connectivity index (χ0) is 17.9. The van der Waals surface area contributed by atoms with Crippen LogP contribution >= 0.6 is 0 Å². The van der Waals surface area contributed by atoms with Crippen LogP contribution in [0.25, 0.3) is 0 Å². The van der Waals surface area contributed by atoms with E-state index < -0.39 is 12.7 Å². The van der Waals surface area contributed by atoms with Crippen LogP contribution in [0.4, 0.5) is 13.2 Å². The van der Waals surface area contributed by atoms with E-state index in [-0.39, 0.29) is 6.04 Å². The molecule has 2 atom stereocenters. The number of alkyl halides is 3. The molecule has 4 rings (SSSR count). The van der Waals surface area contributed by atoms with Gasteiger partial charge in [0.05, 0.1) is 13.1 Å². The predicted octanol–water partition coefficient (Wildman–Crippen LogP) is 0.178. The standard InChI is InChI=1S/C16H29F3N6/c1-2-20-15(21-9-14-11-23-5-7-25(14)8-6-23)22-13-3-4-24(10-13)12-16(17,18)19/h13-14H,2-12H2,1H3,(H2,20,21,22). The first-order chi connectivity index (χ1) is 11.9. The second-order valence-corrected chi connectivity index (χ2v) is 7.19. The van der Waals surface area contributed by atoms with E-state index >= 15 is 0 Å². The van der Waals surface area contributed by atoms with Crippen molar-refractivity contribution < 1.29 is 13.2 Å². The quantitative estimate of drug-likeness (QED) is 0.540. The fourth-order valence-corrected chi connectivity index (χ4v) is 3.96. The van der Waals surface area contributed by atoms with Gasteiger partial charge in [0.15, 0.2) is 5.96 Å². The molecule has 4 fully saturated rings. The van der Waals surface area contributed by atoms with E-state index in [1.54, 1.807) is 0 Å². The van der Waals surface area contributed by atoms with Gasteiger partial charge in [-0.15, -0.1) is 0 Å². The largest absolute Gasteiger partial charge is 0.401 e. The second kappa shape index (κ2) is 8.09. The summed E-state index contributed by atoms with van der Waals surface area (Å²) >= 11 is 0. The molecule has 0 aliphatic carbocycles. The third kappa shape index (κ3) is 5.46. The van der Waals surface area contributed by atoms with Gasteiger partial charge in [0.2, 0.25) is 0 Å². The van der Waals surface area contributed by atoms with Gasteiger partial charge in [0.25, 0.3) is 0 Å². The Labute approximate surface area is 147 Å². The van der Waals surface area contributed by atoms with Gasteiger partial charge in [-0.25, -0.2) is 0 Å². The monoisotopic (exact) mass is 362 g/mol. The maximum absolute atomic E-state index is 12.5. The number of aliphatic imine (C=N–C) groups is 1. The minimum absolute atomic E-state index is 0.0204. The molecule has 4 heterocycles. The molecule has 144 valence electrons. The van der Waals surface area contributed by atoms with Gasteiger partial charge in [0, 0.05) is 64.4 Å². The number of hydrogen-bond donors (Lipinski definition) is 2. The molecule has 0 saturated carbocycles. The topological polar surface area (TPSA) is 46.1 Å². The second-order valence-electron chi connectivity index (χ2n) is 7.19. The van der Waals surface area contributed by atoms with Gasteiger partial charge in [0.1, 0.15) is 0 Å². The van der Waals surface area contributed by atoms with Crippen LogP contribution in [-0.2, 0) is 0 Å². The van der Waals surface area contributed by atoms with Gasteiger partial charge >= 0.3 is 6.18 Å². The average Bonchev–Trinajstić information content (AvgIpc) is 2.99. The number of piperazine rings is 3. The Balaban J connectivity index is 1.49. The van der Waals surface area contributed by atoms with Crippen LogP contribution in [0.2, 0.25) is 0 Å². The molecule has 0 aromatic heterocycles. The molecule has 25 heavy (non-hydrogen) atoms. The van der Waals surface area contributed by atoms with Crippen LogP contribution in [0, 0.1) is 0 Å². The fourth-order valence-electron chi connectivity index (χ4n) is 3.96. The van der Waals surface area contributed by atoms with Crippen molar-refractivity contribution in [2.75, 3.05) is 65.4 Å². The van der Waals surface area contributed by atoms with Gasteiger partial charge in [-0.3, -0.25) is 19.7 Å². The molecule has 2 bridgehead atoms. The third-order valence-electron chi connectivity index (χ3n) is 5.21. The van der Waals surface area contributed by atoms with Gasteiger partial charge < -0.3 is 10.6 Å². The molecule has 0 amide bonds. The number of hydrogen-bond acceptors (Lipinski definition) is 4. The highest BCUT2D eigenvalue weighted by Crippen LogP contribution is 2.20. The number of nitrogens with one attached hydrogen (secondary N) is 2. The third-order valence-corrected chi connectivity index (χ3v) is 5.21.